The smallest absolute Gasteiger partial charge is 0.243 e. The van der Waals surface area contributed by atoms with Crippen molar-refractivity contribution in [3.8, 4) is 11.4 Å². The maximum absolute atomic E-state index is 13.7. The minimum atomic E-state index is -3.59. The minimum absolute atomic E-state index is 0.405. The molecule has 6 nitrogen and oxygen atoms in total. The lowest BCUT2D eigenvalue weighted by atomic mass is 10.0. The molecule has 0 unspecified atom stereocenters. The highest BCUT2D eigenvalue weighted by Gasteiger charge is 2.32. The van der Waals surface area contributed by atoms with Gasteiger partial charge in [-0.2, -0.15) is 4.31 Å². The average Bonchev–Trinajstić information content (AvgIpc) is 2.89. The normalized spacial score (nSPS) is 14.5. The largest absolute Gasteiger partial charge is 0.354 e. The van der Waals surface area contributed by atoms with Crippen LogP contribution in [0.2, 0.25) is 0 Å². The molecule has 0 saturated carbocycles. The number of aromatic nitrogens is 2. The molecule has 0 spiro atoms. The van der Waals surface area contributed by atoms with E-state index in [1.54, 1.807) is 4.31 Å². The Bertz CT molecular complexity index is 1590. The minimum Gasteiger partial charge on any atom is -0.354 e. The van der Waals surface area contributed by atoms with Gasteiger partial charge < -0.3 is 4.90 Å². The first-order chi connectivity index (χ1) is 18.6. The zero-order valence-electron chi connectivity index (χ0n) is 23.4. The maximum Gasteiger partial charge on any atom is 0.243 e. The Balaban J connectivity index is 1.48. The summed E-state index contributed by atoms with van der Waals surface area (Å²) in [6.07, 6.45) is 0.719. The Labute approximate surface area is 232 Å². The summed E-state index contributed by atoms with van der Waals surface area (Å²) in [5.74, 6) is 1.59. The summed E-state index contributed by atoms with van der Waals surface area (Å²) in [4.78, 5) is 12.7. The fraction of sp³-hybridized carbons (Fsp3) is 0.312. The SMILES string of the molecule is Cc1cccc(-c2nc(C)c(Cc3ccccc3)c(N3CCN(S(=O)(=O)c4c(C)cc(C)cc4C)CC3)n2)c1. The van der Waals surface area contributed by atoms with Gasteiger partial charge in [0.05, 0.1) is 4.90 Å². The van der Waals surface area contributed by atoms with Gasteiger partial charge in [0, 0.05) is 49.4 Å². The van der Waals surface area contributed by atoms with Crippen LogP contribution in [-0.2, 0) is 16.4 Å². The van der Waals surface area contributed by atoms with Crippen molar-refractivity contribution in [2.24, 2.45) is 0 Å². The molecule has 1 saturated heterocycles. The number of piperazine rings is 1. The second kappa shape index (κ2) is 10.9. The number of hydrogen-bond acceptors (Lipinski definition) is 5. The molecule has 0 atom stereocenters. The molecule has 0 amide bonds. The summed E-state index contributed by atoms with van der Waals surface area (Å²) in [6, 6.07) is 22.5. The molecular weight excluding hydrogens is 504 g/mol. The van der Waals surface area contributed by atoms with Gasteiger partial charge in [-0.15, -0.1) is 0 Å². The van der Waals surface area contributed by atoms with Gasteiger partial charge in [-0.1, -0.05) is 71.8 Å². The molecule has 1 aromatic heterocycles. The van der Waals surface area contributed by atoms with Crippen molar-refractivity contribution in [1.29, 1.82) is 0 Å². The Morgan fingerprint density at radius 2 is 1.41 bits per heavy atom. The van der Waals surface area contributed by atoms with Gasteiger partial charge in [0.2, 0.25) is 10.0 Å². The molecule has 39 heavy (non-hydrogen) atoms. The molecule has 1 aliphatic rings. The van der Waals surface area contributed by atoms with Crippen molar-refractivity contribution in [1.82, 2.24) is 14.3 Å². The molecular formula is C32H36N4O2S. The number of nitrogens with zero attached hydrogens (tertiary/aromatic N) is 4. The van der Waals surface area contributed by atoms with Crippen LogP contribution in [-0.4, -0.2) is 48.9 Å². The number of sulfonamides is 1. The van der Waals surface area contributed by atoms with Crippen molar-refractivity contribution in [2.45, 2.75) is 45.9 Å². The van der Waals surface area contributed by atoms with Gasteiger partial charge in [-0.3, -0.25) is 0 Å². The highest BCUT2D eigenvalue weighted by atomic mass is 32.2. The summed E-state index contributed by atoms with van der Waals surface area (Å²) in [7, 11) is -3.59. The molecule has 4 aromatic rings. The van der Waals surface area contributed by atoms with E-state index in [-0.39, 0.29) is 0 Å². The predicted molar refractivity (Wildman–Crippen MR) is 158 cm³/mol. The summed E-state index contributed by atoms with van der Waals surface area (Å²) >= 11 is 0. The van der Waals surface area contributed by atoms with Crippen LogP contribution in [0.1, 0.15) is 39.1 Å². The number of aryl methyl sites for hydroxylation is 5. The second-order valence-corrected chi connectivity index (χ2v) is 12.5. The van der Waals surface area contributed by atoms with Crippen LogP contribution in [0.25, 0.3) is 11.4 Å². The molecule has 1 aliphatic heterocycles. The third-order valence-electron chi connectivity index (χ3n) is 7.43. The van der Waals surface area contributed by atoms with E-state index in [4.69, 9.17) is 9.97 Å². The topological polar surface area (TPSA) is 66.4 Å². The monoisotopic (exact) mass is 540 g/mol. The van der Waals surface area contributed by atoms with Crippen LogP contribution in [0.5, 0.6) is 0 Å². The van der Waals surface area contributed by atoms with Crippen LogP contribution in [0.15, 0.2) is 71.6 Å². The molecule has 1 fully saturated rings. The molecule has 202 valence electrons. The lowest BCUT2D eigenvalue weighted by molar-refractivity contribution is 0.383. The first-order valence-electron chi connectivity index (χ1n) is 13.4. The lowest BCUT2D eigenvalue weighted by Gasteiger charge is -2.36. The van der Waals surface area contributed by atoms with Gasteiger partial charge in [0.1, 0.15) is 5.82 Å². The van der Waals surface area contributed by atoms with E-state index in [0.717, 1.165) is 51.3 Å². The third-order valence-corrected chi connectivity index (χ3v) is 9.64. The van der Waals surface area contributed by atoms with Gasteiger partial charge >= 0.3 is 0 Å². The van der Waals surface area contributed by atoms with Gasteiger partial charge in [-0.05, 0) is 57.4 Å². The molecule has 0 N–H and O–H groups in total. The van der Waals surface area contributed by atoms with Crippen molar-refractivity contribution in [3.63, 3.8) is 0 Å². The van der Waals surface area contributed by atoms with E-state index < -0.39 is 10.0 Å². The second-order valence-electron chi connectivity index (χ2n) is 10.6. The highest BCUT2D eigenvalue weighted by Crippen LogP contribution is 2.31. The van der Waals surface area contributed by atoms with Gasteiger partial charge in [0.15, 0.2) is 5.82 Å². The van der Waals surface area contributed by atoms with Crippen LogP contribution >= 0.6 is 0 Å². The molecule has 7 heteroatoms. The molecule has 5 rings (SSSR count). The Morgan fingerprint density at radius 3 is 2.05 bits per heavy atom. The van der Waals surface area contributed by atoms with E-state index in [1.165, 1.54) is 5.56 Å². The summed E-state index contributed by atoms with van der Waals surface area (Å²) < 4.78 is 29.0. The average molecular weight is 541 g/mol. The summed E-state index contributed by atoms with van der Waals surface area (Å²) in [5, 5.41) is 0. The Morgan fingerprint density at radius 1 is 0.744 bits per heavy atom. The third kappa shape index (κ3) is 5.60. The maximum atomic E-state index is 13.7. The first kappa shape index (κ1) is 27.0. The molecule has 0 bridgehead atoms. The number of hydrogen-bond donors (Lipinski definition) is 0. The molecule has 0 aliphatic carbocycles. The molecule has 3 aromatic carbocycles. The number of anilines is 1. The van der Waals surface area contributed by atoms with E-state index in [9.17, 15) is 8.42 Å². The lowest BCUT2D eigenvalue weighted by Crippen LogP contribution is -2.49. The fourth-order valence-electron chi connectivity index (χ4n) is 5.61. The first-order valence-corrected chi connectivity index (χ1v) is 14.9. The summed E-state index contributed by atoms with van der Waals surface area (Å²) in [5.41, 5.74) is 8.04. The Kier molecular flexibility index (Phi) is 7.56. The zero-order chi connectivity index (χ0) is 27.7. The van der Waals surface area contributed by atoms with E-state index >= 15 is 0 Å². The van der Waals surface area contributed by atoms with Crippen molar-refractivity contribution in [2.75, 3.05) is 31.1 Å². The molecule has 0 radical (unpaired) electrons. The van der Waals surface area contributed by atoms with Crippen molar-refractivity contribution < 1.29 is 8.42 Å². The van der Waals surface area contributed by atoms with Crippen LogP contribution < -0.4 is 4.90 Å². The Hall–Kier alpha value is -3.55. The standard InChI is InChI=1S/C32H36N4O2S/c1-22-10-9-13-28(20-22)31-33-26(5)29(21-27-11-7-6-8-12-27)32(34-31)35-14-16-36(17-15-35)39(37,38)30-24(3)18-23(2)19-25(30)4/h6-13,18-20H,14-17,21H2,1-5H3. The zero-order valence-corrected chi connectivity index (χ0v) is 24.2. The number of rotatable bonds is 6. The van der Waals surface area contributed by atoms with Gasteiger partial charge in [0.25, 0.3) is 0 Å². The van der Waals surface area contributed by atoms with E-state index in [0.29, 0.717) is 36.9 Å². The highest BCUT2D eigenvalue weighted by molar-refractivity contribution is 7.89. The van der Waals surface area contributed by atoms with E-state index in [2.05, 4.69) is 36.1 Å². The van der Waals surface area contributed by atoms with Crippen molar-refractivity contribution in [3.05, 3.63) is 106 Å². The number of benzene rings is 3. The van der Waals surface area contributed by atoms with Crippen LogP contribution in [0, 0.1) is 34.6 Å². The summed E-state index contributed by atoms with van der Waals surface area (Å²) in [6.45, 7) is 11.8. The van der Waals surface area contributed by atoms with Crippen molar-refractivity contribution >= 4 is 15.8 Å². The van der Waals surface area contributed by atoms with Crippen LogP contribution in [0.4, 0.5) is 5.82 Å². The quantitative estimate of drug-likeness (QED) is 0.310. The van der Waals surface area contributed by atoms with E-state index in [1.807, 2.05) is 70.2 Å². The predicted octanol–water partition coefficient (Wildman–Crippen LogP) is 5.79. The fourth-order valence-corrected chi connectivity index (χ4v) is 7.44. The molecule has 2 heterocycles. The van der Waals surface area contributed by atoms with Crippen LogP contribution in [0.3, 0.4) is 0 Å². The van der Waals surface area contributed by atoms with Gasteiger partial charge in [-0.25, -0.2) is 18.4 Å².